The van der Waals surface area contributed by atoms with Crippen molar-refractivity contribution in [1.82, 2.24) is 10.2 Å². The number of amides is 1. The Labute approximate surface area is 90.6 Å². The molecule has 86 valence electrons. The van der Waals surface area contributed by atoms with Crippen LogP contribution in [-0.4, -0.2) is 48.2 Å². The molecule has 2 unspecified atom stereocenters. The van der Waals surface area contributed by atoms with Gasteiger partial charge in [-0.3, -0.25) is 4.79 Å². The number of likely N-dealkylation sites (tertiary alicyclic amines) is 1. The van der Waals surface area contributed by atoms with E-state index in [4.69, 9.17) is 0 Å². The highest BCUT2D eigenvalue weighted by molar-refractivity contribution is 5.77. The highest BCUT2D eigenvalue weighted by atomic mass is 16.3. The SMILES string of the molecule is CC1CCN(C(=O)CC2CNC2)C1CO. The van der Waals surface area contributed by atoms with E-state index >= 15 is 0 Å². The van der Waals surface area contributed by atoms with Gasteiger partial charge in [0.05, 0.1) is 12.6 Å². The molecule has 4 nitrogen and oxygen atoms in total. The van der Waals surface area contributed by atoms with E-state index in [-0.39, 0.29) is 18.6 Å². The van der Waals surface area contributed by atoms with E-state index in [0.29, 0.717) is 18.3 Å². The summed E-state index contributed by atoms with van der Waals surface area (Å²) in [5.41, 5.74) is 0. The highest BCUT2D eigenvalue weighted by Gasteiger charge is 2.35. The van der Waals surface area contributed by atoms with Crippen LogP contribution in [0.4, 0.5) is 0 Å². The molecule has 0 radical (unpaired) electrons. The van der Waals surface area contributed by atoms with Crippen LogP contribution in [-0.2, 0) is 4.79 Å². The molecule has 1 amide bonds. The molecular formula is C11H20N2O2. The van der Waals surface area contributed by atoms with E-state index in [1.807, 2.05) is 4.90 Å². The summed E-state index contributed by atoms with van der Waals surface area (Å²) < 4.78 is 0. The summed E-state index contributed by atoms with van der Waals surface area (Å²) in [4.78, 5) is 13.8. The summed E-state index contributed by atoms with van der Waals surface area (Å²) in [6.07, 6.45) is 1.68. The molecule has 2 atom stereocenters. The smallest absolute Gasteiger partial charge is 0.223 e. The summed E-state index contributed by atoms with van der Waals surface area (Å²) in [6, 6.07) is 0.0607. The molecule has 2 rings (SSSR count). The van der Waals surface area contributed by atoms with Crippen molar-refractivity contribution in [3.8, 4) is 0 Å². The van der Waals surface area contributed by atoms with Crippen LogP contribution in [0, 0.1) is 11.8 Å². The summed E-state index contributed by atoms with van der Waals surface area (Å²) in [5.74, 6) is 1.19. The maximum Gasteiger partial charge on any atom is 0.223 e. The Morgan fingerprint density at radius 1 is 1.53 bits per heavy atom. The van der Waals surface area contributed by atoms with Crippen molar-refractivity contribution < 1.29 is 9.90 Å². The third kappa shape index (κ3) is 2.16. The summed E-state index contributed by atoms with van der Waals surface area (Å²) in [6.45, 7) is 4.98. The van der Waals surface area contributed by atoms with Gasteiger partial charge in [-0.2, -0.15) is 0 Å². The fraction of sp³-hybridized carbons (Fsp3) is 0.909. The molecule has 0 aromatic carbocycles. The summed E-state index contributed by atoms with van der Waals surface area (Å²) >= 11 is 0. The molecule has 2 saturated heterocycles. The molecule has 0 aliphatic carbocycles. The Bertz CT molecular complexity index is 241. The third-order valence-corrected chi connectivity index (χ3v) is 3.72. The number of hydrogen-bond donors (Lipinski definition) is 2. The number of hydrogen-bond acceptors (Lipinski definition) is 3. The zero-order valence-electron chi connectivity index (χ0n) is 9.28. The van der Waals surface area contributed by atoms with Crippen LogP contribution in [0.2, 0.25) is 0 Å². The van der Waals surface area contributed by atoms with Crippen molar-refractivity contribution in [2.75, 3.05) is 26.2 Å². The molecule has 0 spiro atoms. The Kier molecular flexibility index (Phi) is 3.26. The minimum Gasteiger partial charge on any atom is -0.394 e. The van der Waals surface area contributed by atoms with Crippen LogP contribution < -0.4 is 5.32 Å². The molecule has 2 N–H and O–H groups in total. The van der Waals surface area contributed by atoms with Crippen molar-refractivity contribution in [1.29, 1.82) is 0 Å². The average Bonchev–Trinajstić information content (AvgIpc) is 2.52. The van der Waals surface area contributed by atoms with Gasteiger partial charge >= 0.3 is 0 Å². The minimum atomic E-state index is 0.0607. The van der Waals surface area contributed by atoms with Gasteiger partial charge in [0.1, 0.15) is 0 Å². The first-order valence-corrected chi connectivity index (χ1v) is 5.83. The van der Waals surface area contributed by atoms with Crippen LogP contribution in [0.1, 0.15) is 19.8 Å². The van der Waals surface area contributed by atoms with Gasteiger partial charge in [0.2, 0.25) is 5.91 Å². The fourth-order valence-electron chi connectivity index (χ4n) is 2.45. The Hall–Kier alpha value is -0.610. The maximum atomic E-state index is 12.0. The number of nitrogens with one attached hydrogen (secondary N) is 1. The van der Waals surface area contributed by atoms with Gasteiger partial charge in [-0.05, 0) is 31.3 Å². The van der Waals surface area contributed by atoms with Crippen LogP contribution in [0.15, 0.2) is 0 Å². The molecule has 2 heterocycles. The van der Waals surface area contributed by atoms with E-state index in [1.54, 1.807) is 0 Å². The number of aliphatic hydroxyl groups is 1. The molecular weight excluding hydrogens is 192 g/mol. The second-order valence-corrected chi connectivity index (χ2v) is 4.83. The predicted molar refractivity (Wildman–Crippen MR) is 57.3 cm³/mol. The summed E-state index contributed by atoms with van der Waals surface area (Å²) in [7, 11) is 0. The van der Waals surface area contributed by atoms with E-state index in [9.17, 15) is 9.90 Å². The van der Waals surface area contributed by atoms with Gasteiger partial charge in [-0.1, -0.05) is 6.92 Å². The minimum absolute atomic E-state index is 0.0607. The van der Waals surface area contributed by atoms with Crippen molar-refractivity contribution in [2.45, 2.75) is 25.8 Å². The number of carbonyl (C=O) groups is 1. The lowest BCUT2D eigenvalue weighted by molar-refractivity contribution is -0.134. The monoisotopic (exact) mass is 212 g/mol. The third-order valence-electron chi connectivity index (χ3n) is 3.72. The van der Waals surface area contributed by atoms with E-state index in [2.05, 4.69) is 12.2 Å². The first-order valence-electron chi connectivity index (χ1n) is 5.83. The second-order valence-electron chi connectivity index (χ2n) is 4.83. The quantitative estimate of drug-likeness (QED) is 0.682. The van der Waals surface area contributed by atoms with Crippen LogP contribution in [0.3, 0.4) is 0 Å². The van der Waals surface area contributed by atoms with E-state index in [0.717, 1.165) is 26.1 Å². The molecule has 2 aliphatic heterocycles. The number of nitrogens with zero attached hydrogens (tertiary/aromatic N) is 1. The lowest BCUT2D eigenvalue weighted by atomic mass is 9.98. The lowest BCUT2D eigenvalue weighted by Gasteiger charge is -2.31. The Morgan fingerprint density at radius 3 is 2.80 bits per heavy atom. The van der Waals surface area contributed by atoms with Crippen molar-refractivity contribution in [2.24, 2.45) is 11.8 Å². The number of carbonyl (C=O) groups excluding carboxylic acids is 1. The van der Waals surface area contributed by atoms with Gasteiger partial charge in [0.15, 0.2) is 0 Å². The van der Waals surface area contributed by atoms with Gasteiger partial charge in [-0.15, -0.1) is 0 Å². The van der Waals surface area contributed by atoms with Crippen molar-refractivity contribution in [3.05, 3.63) is 0 Å². The van der Waals surface area contributed by atoms with Gasteiger partial charge in [-0.25, -0.2) is 0 Å². The zero-order valence-corrected chi connectivity index (χ0v) is 9.28. The van der Waals surface area contributed by atoms with Gasteiger partial charge in [0.25, 0.3) is 0 Å². The van der Waals surface area contributed by atoms with Gasteiger partial charge in [0, 0.05) is 13.0 Å². The first kappa shape index (κ1) is 10.9. The topological polar surface area (TPSA) is 52.6 Å². The lowest BCUT2D eigenvalue weighted by Crippen LogP contribution is -2.47. The van der Waals surface area contributed by atoms with Crippen LogP contribution in [0.5, 0.6) is 0 Å². The van der Waals surface area contributed by atoms with Crippen LogP contribution >= 0.6 is 0 Å². The molecule has 0 aromatic rings. The molecule has 0 bridgehead atoms. The van der Waals surface area contributed by atoms with E-state index in [1.165, 1.54) is 0 Å². The Morgan fingerprint density at radius 2 is 2.27 bits per heavy atom. The summed E-state index contributed by atoms with van der Waals surface area (Å²) in [5, 5.41) is 12.4. The normalized spacial score (nSPS) is 31.7. The number of aliphatic hydroxyl groups excluding tert-OH is 1. The zero-order chi connectivity index (χ0) is 10.8. The highest BCUT2D eigenvalue weighted by Crippen LogP contribution is 2.25. The molecule has 2 aliphatic rings. The fourth-order valence-corrected chi connectivity index (χ4v) is 2.45. The maximum absolute atomic E-state index is 12.0. The second kappa shape index (κ2) is 4.49. The molecule has 15 heavy (non-hydrogen) atoms. The first-order chi connectivity index (χ1) is 7.22. The van der Waals surface area contributed by atoms with Crippen molar-refractivity contribution in [3.63, 3.8) is 0 Å². The number of rotatable bonds is 3. The Balaban J connectivity index is 1.88. The predicted octanol–water partition coefficient (Wildman–Crippen LogP) is -0.175. The van der Waals surface area contributed by atoms with Crippen LogP contribution in [0.25, 0.3) is 0 Å². The largest absolute Gasteiger partial charge is 0.394 e. The average molecular weight is 212 g/mol. The van der Waals surface area contributed by atoms with Gasteiger partial charge < -0.3 is 15.3 Å². The molecule has 2 fully saturated rings. The molecule has 0 saturated carbocycles. The van der Waals surface area contributed by atoms with E-state index < -0.39 is 0 Å². The standard InChI is InChI=1S/C11H20N2O2/c1-8-2-3-13(10(8)7-14)11(15)4-9-5-12-6-9/h8-10,12,14H,2-7H2,1H3. The molecule has 0 aromatic heterocycles. The van der Waals surface area contributed by atoms with Crippen molar-refractivity contribution >= 4 is 5.91 Å². The molecule has 4 heteroatoms.